The summed E-state index contributed by atoms with van der Waals surface area (Å²) in [5, 5.41) is 15.9. The third-order valence-corrected chi connectivity index (χ3v) is 2.92. The van der Waals surface area contributed by atoms with Gasteiger partial charge in [0.15, 0.2) is 0 Å². The number of alkyl halides is 3. The lowest BCUT2D eigenvalue weighted by Crippen LogP contribution is -2.29. The Bertz CT molecular complexity index is 627. The number of nitrogens with one attached hydrogen (secondary N) is 1. The molecule has 8 heteroatoms. The molecule has 0 radical (unpaired) electrons. The zero-order valence-electron chi connectivity index (χ0n) is 11.3. The minimum atomic E-state index is -4.48. The third-order valence-electron chi connectivity index (χ3n) is 2.92. The maximum Gasteiger partial charge on any atom is 0.416 e. The van der Waals surface area contributed by atoms with Crippen molar-refractivity contribution in [3.8, 4) is 0 Å². The molecule has 0 saturated carbocycles. The van der Waals surface area contributed by atoms with Crippen LogP contribution >= 0.6 is 0 Å². The number of aliphatic hydroxyl groups is 1. The van der Waals surface area contributed by atoms with Crippen LogP contribution in [0.2, 0.25) is 0 Å². The largest absolute Gasteiger partial charge is 0.416 e. The zero-order valence-corrected chi connectivity index (χ0v) is 11.3. The van der Waals surface area contributed by atoms with Crippen molar-refractivity contribution in [2.45, 2.75) is 18.7 Å². The van der Waals surface area contributed by atoms with Crippen molar-refractivity contribution in [3.63, 3.8) is 0 Å². The Kier molecular flexibility index (Phi) is 4.81. The Morgan fingerprint density at radius 3 is 2.77 bits per heavy atom. The highest BCUT2D eigenvalue weighted by Crippen LogP contribution is 2.30. The van der Waals surface area contributed by atoms with Crippen LogP contribution in [0.5, 0.6) is 0 Å². The number of carbonyl (C=O) groups is 1. The average Bonchev–Trinajstić information content (AvgIpc) is 2.97. The first-order valence-corrected chi connectivity index (χ1v) is 6.37. The summed E-state index contributed by atoms with van der Waals surface area (Å²) in [7, 11) is 0. The van der Waals surface area contributed by atoms with Gasteiger partial charge in [-0.25, -0.2) is 0 Å². The van der Waals surface area contributed by atoms with Gasteiger partial charge in [0.2, 0.25) is 5.91 Å². The monoisotopic (exact) mass is 314 g/mol. The van der Waals surface area contributed by atoms with E-state index in [1.165, 1.54) is 24.5 Å². The molecule has 1 unspecified atom stereocenters. The van der Waals surface area contributed by atoms with Gasteiger partial charge < -0.3 is 14.9 Å². The number of rotatable bonds is 5. The standard InChI is InChI=1S/C14H13F3N2O3/c15-14(16,17)10-3-1-2-9(6-10)12(20)8-18-13(21)7-11-4-5-22-19-11/h1-6,12,20H,7-8H2,(H,18,21). The third kappa shape index (κ3) is 4.32. The summed E-state index contributed by atoms with van der Waals surface area (Å²) < 4.78 is 42.3. The lowest BCUT2D eigenvalue weighted by molar-refractivity contribution is -0.137. The van der Waals surface area contributed by atoms with Gasteiger partial charge in [-0.05, 0) is 17.7 Å². The zero-order chi connectivity index (χ0) is 16.2. The van der Waals surface area contributed by atoms with Crippen LogP contribution < -0.4 is 5.32 Å². The first-order chi connectivity index (χ1) is 10.4. The number of halogens is 3. The lowest BCUT2D eigenvalue weighted by atomic mass is 10.1. The number of amides is 1. The van der Waals surface area contributed by atoms with Gasteiger partial charge in [0.1, 0.15) is 6.26 Å². The van der Waals surface area contributed by atoms with Gasteiger partial charge in [-0.2, -0.15) is 13.2 Å². The fourth-order valence-corrected chi connectivity index (χ4v) is 1.81. The molecule has 1 aromatic heterocycles. The molecule has 0 aliphatic heterocycles. The second-order valence-electron chi connectivity index (χ2n) is 4.61. The number of aromatic nitrogens is 1. The van der Waals surface area contributed by atoms with Crippen LogP contribution in [0.1, 0.15) is 22.9 Å². The summed E-state index contributed by atoms with van der Waals surface area (Å²) in [5.41, 5.74) is -0.347. The first kappa shape index (κ1) is 16.0. The van der Waals surface area contributed by atoms with Crippen molar-refractivity contribution in [2.24, 2.45) is 0 Å². The van der Waals surface area contributed by atoms with E-state index in [2.05, 4.69) is 15.0 Å². The smallest absolute Gasteiger partial charge is 0.387 e. The van der Waals surface area contributed by atoms with Crippen LogP contribution in [0.3, 0.4) is 0 Å². The molecule has 0 bridgehead atoms. The number of aliphatic hydroxyl groups excluding tert-OH is 1. The molecule has 5 nitrogen and oxygen atoms in total. The first-order valence-electron chi connectivity index (χ1n) is 6.37. The van der Waals surface area contributed by atoms with Gasteiger partial charge in [-0.1, -0.05) is 17.3 Å². The normalized spacial score (nSPS) is 12.9. The van der Waals surface area contributed by atoms with Gasteiger partial charge >= 0.3 is 6.18 Å². The van der Waals surface area contributed by atoms with E-state index in [0.717, 1.165) is 12.1 Å². The molecule has 1 aromatic carbocycles. The molecular weight excluding hydrogens is 301 g/mol. The number of hydrogen-bond acceptors (Lipinski definition) is 4. The van der Waals surface area contributed by atoms with Gasteiger partial charge in [0, 0.05) is 12.6 Å². The summed E-state index contributed by atoms with van der Waals surface area (Å²) in [4.78, 5) is 11.6. The van der Waals surface area contributed by atoms with Crippen LogP contribution in [0.25, 0.3) is 0 Å². The fraction of sp³-hybridized carbons (Fsp3) is 0.286. The number of carbonyl (C=O) groups excluding carboxylic acids is 1. The van der Waals surface area contributed by atoms with E-state index in [1.807, 2.05) is 0 Å². The van der Waals surface area contributed by atoms with Crippen LogP contribution in [0.15, 0.2) is 41.1 Å². The topological polar surface area (TPSA) is 75.4 Å². The number of nitrogens with zero attached hydrogens (tertiary/aromatic N) is 1. The molecule has 0 saturated heterocycles. The lowest BCUT2D eigenvalue weighted by Gasteiger charge is -2.14. The van der Waals surface area contributed by atoms with Gasteiger partial charge in [-0.3, -0.25) is 4.79 Å². The van der Waals surface area contributed by atoms with E-state index in [4.69, 9.17) is 0 Å². The summed E-state index contributed by atoms with van der Waals surface area (Å²) in [5.74, 6) is -0.417. The van der Waals surface area contributed by atoms with Crippen molar-refractivity contribution < 1.29 is 27.6 Å². The summed E-state index contributed by atoms with van der Waals surface area (Å²) in [6.45, 7) is -0.196. The van der Waals surface area contributed by atoms with Crippen molar-refractivity contribution in [1.82, 2.24) is 10.5 Å². The Morgan fingerprint density at radius 2 is 2.14 bits per heavy atom. The average molecular weight is 314 g/mol. The van der Waals surface area contributed by atoms with E-state index in [1.54, 1.807) is 0 Å². The van der Waals surface area contributed by atoms with Gasteiger partial charge in [0.25, 0.3) is 0 Å². The maximum absolute atomic E-state index is 12.6. The SMILES string of the molecule is O=C(Cc1ccon1)NCC(O)c1cccc(C(F)(F)F)c1. The van der Waals surface area contributed by atoms with Gasteiger partial charge in [-0.15, -0.1) is 0 Å². The molecule has 0 aliphatic rings. The number of benzene rings is 1. The minimum absolute atomic E-state index is 0.0359. The molecule has 118 valence electrons. The highest BCUT2D eigenvalue weighted by molar-refractivity contribution is 5.78. The molecule has 2 rings (SSSR count). The Hall–Kier alpha value is -2.35. The summed E-state index contributed by atoms with van der Waals surface area (Å²) in [6, 6.07) is 5.86. The van der Waals surface area contributed by atoms with Crippen molar-refractivity contribution in [3.05, 3.63) is 53.4 Å². The molecule has 0 spiro atoms. The molecule has 1 heterocycles. The predicted octanol–water partition coefficient (Wildman–Crippen LogP) is 2.09. The quantitative estimate of drug-likeness (QED) is 0.886. The minimum Gasteiger partial charge on any atom is -0.387 e. The molecule has 22 heavy (non-hydrogen) atoms. The van der Waals surface area contributed by atoms with E-state index in [0.29, 0.717) is 5.69 Å². The molecule has 0 aliphatic carbocycles. The Morgan fingerprint density at radius 1 is 1.36 bits per heavy atom. The predicted molar refractivity (Wildman–Crippen MR) is 69.6 cm³/mol. The van der Waals surface area contributed by atoms with Crippen LogP contribution in [0, 0.1) is 0 Å². The van der Waals surface area contributed by atoms with E-state index in [9.17, 15) is 23.1 Å². The van der Waals surface area contributed by atoms with Crippen molar-refractivity contribution >= 4 is 5.91 Å². The van der Waals surface area contributed by atoms with Crippen molar-refractivity contribution in [1.29, 1.82) is 0 Å². The molecule has 1 atom stereocenters. The molecule has 0 fully saturated rings. The molecule has 1 amide bonds. The van der Waals surface area contributed by atoms with Crippen molar-refractivity contribution in [2.75, 3.05) is 6.54 Å². The van der Waals surface area contributed by atoms with Crippen LogP contribution in [0.4, 0.5) is 13.2 Å². The molecule has 2 aromatic rings. The van der Waals surface area contributed by atoms with Gasteiger partial charge in [0.05, 0.1) is 23.8 Å². The Labute approximate surface area is 123 Å². The summed E-state index contributed by atoms with van der Waals surface area (Å²) in [6.07, 6.45) is -4.43. The van der Waals surface area contributed by atoms with E-state index < -0.39 is 23.8 Å². The molecular formula is C14H13F3N2O3. The fourth-order valence-electron chi connectivity index (χ4n) is 1.81. The second kappa shape index (κ2) is 6.61. The highest BCUT2D eigenvalue weighted by atomic mass is 19.4. The second-order valence-corrected chi connectivity index (χ2v) is 4.61. The Balaban J connectivity index is 1.92. The highest BCUT2D eigenvalue weighted by Gasteiger charge is 2.30. The van der Waals surface area contributed by atoms with E-state index in [-0.39, 0.29) is 18.5 Å². The van der Waals surface area contributed by atoms with E-state index >= 15 is 0 Å². The molecule has 2 N–H and O–H groups in total. The maximum atomic E-state index is 12.6. The number of hydrogen-bond donors (Lipinski definition) is 2. The summed E-state index contributed by atoms with van der Waals surface area (Å²) >= 11 is 0. The van der Waals surface area contributed by atoms with Crippen LogP contribution in [-0.2, 0) is 17.4 Å². The van der Waals surface area contributed by atoms with Crippen LogP contribution in [-0.4, -0.2) is 22.7 Å².